The summed E-state index contributed by atoms with van der Waals surface area (Å²) in [7, 11) is 0. The molecule has 0 radical (unpaired) electrons. The van der Waals surface area contributed by atoms with E-state index in [-0.39, 0.29) is 29.6 Å². The predicted octanol–water partition coefficient (Wildman–Crippen LogP) is 1.72. The minimum atomic E-state index is -0.174. The summed E-state index contributed by atoms with van der Waals surface area (Å²) in [5.74, 6) is 0.969. The molecule has 1 amide bonds. The SMILES string of the molecule is CC(=O)SCC1CC(=O)N([C@H](CO)Cc2ccccc2)C1. The molecule has 1 aromatic rings. The van der Waals surface area contributed by atoms with Crippen LogP contribution in [0.5, 0.6) is 0 Å². The summed E-state index contributed by atoms with van der Waals surface area (Å²) in [6, 6.07) is 9.71. The van der Waals surface area contributed by atoms with Gasteiger partial charge in [-0.15, -0.1) is 0 Å². The van der Waals surface area contributed by atoms with Gasteiger partial charge in [0.25, 0.3) is 0 Å². The van der Waals surface area contributed by atoms with Crippen molar-refractivity contribution in [1.82, 2.24) is 4.90 Å². The number of benzene rings is 1. The monoisotopic (exact) mass is 307 g/mol. The normalized spacial score (nSPS) is 19.8. The van der Waals surface area contributed by atoms with Crippen LogP contribution in [0.15, 0.2) is 30.3 Å². The average molecular weight is 307 g/mol. The van der Waals surface area contributed by atoms with Gasteiger partial charge < -0.3 is 10.0 Å². The molecule has 0 aromatic heterocycles. The van der Waals surface area contributed by atoms with Crippen molar-refractivity contribution < 1.29 is 14.7 Å². The molecule has 1 unspecified atom stereocenters. The molecule has 1 N–H and O–H groups in total. The lowest BCUT2D eigenvalue weighted by Gasteiger charge is -2.26. The topological polar surface area (TPSA) is 57.6 Å². The van der Waals surface area contributed by atoms with E-state index in [2.05, 4.69) is 0 Å². The van der Waals surface area contributed by atoms with Crippen LogP contribution < -0.4 is 0 Å². The summed E-state index contributed by atoms with van der Waals surface area (Å²) in [4.78, 5) is 24.9. The first-order valence-corrected chi connectivity index (χ1v) is 8.16. The van der Waals surface area contributed by atoms with Crippen molar-refractivity contribution in [3.8, 4) is 0 Å². The summed E-state index contributed by atoms with van der Waals surface area (Å²) in [5.41, 5.74) is 1.12. The number of nitrogens with zero attached hydrogens (tertiary/aromatic N) is 1. The third-order valence-electron chi connectivity index (χ3n) is 3.73. The molecule has 1 heterocycles. The van der Waals surface area contributed by atoms with Gasteiger partial charge in [-0.1, -0.05) is 42.1 Å². The predicted molar refractivity (Wildman–Crippen MR) is 84.0 cm³/mol. The maximum Gasteiger partial charge on any atom is 0.223 e. The van der Waals surface area contributed by atoms with Crippen molar-refractivity contribution in [2.75, 3.05) is 18.9 Å². The Kier molecular flexibility index (Phi) is 5.82. The van der Waals surface area contributed by atoms with Crippen molar-refractivity contribution in [3.63, 3.8) is 0 Å². The minimum absolute atomic E-state index is 0.0345. The van der Waals surface area contributed by atoms with E-state index in [9.17, 15) is 14.7 Å². The van der Waals surface area contributed by atoms with Crippen molar-refractivity contribution in [2.45, 2.75) is 25.8 Å². The summed E-state index contributed by atoms with van der Waals surface area (Å²) in [6.07, 6.45) is 1.14. The maximum absolute atomic E-state index is 12.1. The van der Waals surface area contributed by atoms with Crippen LogP contribution in [0.25, 0.3) is 0 Å². The third kappa shape index (κ3) is 4.58. The zero-order valence-electron chi connectivity index (χ0n) is 12.2. The molecule has 21 heavy (non-hydrogen) atoms. The van der Waals surface area contributed by atoms with Crippen LogP contribution in [0, 0.1) is 5.92 Å². The molecule has 1 aromatic carbocycles. The lowest BCUT2D eigenvalue weighted by molar-refractivity contribution is -0.130. The van der Waals surface area contributed by atoms with Gasteiger partial charge in [0.05, 0.1) is 12.6 Å². The number of aliphatic hydroxyl groups is 1. The van der Waals surface area contributed by atoms with Gasteiger partial charge in [0.15, 0.2) is 5.12 Å². The van der Waals surface area contributed by atoms with Crippen LogP contribution in [0.4, 0.5) is 0 Å². The molecule has 1 aliphatic rings. The lowest BCUT2D eigenvalue weighted by Crippen LogP contribution is -2.40. The molecule has 0 spiro atoms. The van der Waals surface area contributed by atoms with Crippen LogP contribution in [0.2, 0.25) is 0 Å². The van der Waals surface area contributed by atoms with E-state index in [0.717, 1.165) is 5.56 Å². The summed E-state index contributed by atoms with van der Waals surface area (Å²) in [5, 5.41) is 9.70. The standard InChI is InChI=1S/C16H21NO3S/c1-12(19)21-11-14-8-16(20)17(9-14)15(10-18)7-13-5-3-2-4-6-13/h2-6,14-15,18H,7-11H2,1H3/t14?,15-/m0/s1. The molecule has 0 bridgehead atoms. The lowest BCUT2D eigenvalue weighted by atomic mass is 10.1. The van der Waals surface area contributed by atoms with Gasteiger partial charge in [-0.2, -0.15) is 0 Å². The van der Waals surface area contributed by atoms with Gasteiger partial charge >= 0.3 is 0 Å². The highest BCUT2D eigenvalue weighted by Crippen LogP contribution is 2.25. The molecule has 114 valence electrons. The van der Waals surface area contributed by atoms with Gasteiger partial charge in [-0.05, 0) is 17.9 Å². The van der Waals surface area contributed by atoms with Crippen molar-refractivity contribution in [3.05, 3.63) is 35.9 Å². The Balaban J connectivity index is 1.95. The zero-order valence-corrected chi connectivity index (χ0v) is 13.0. The van der Waals surface area contributed by atoms with E-state index in [1.54, 1.807) is 11.8 Å². The minimum Gasteiger partial charge on any atom is -0.394 e. The smallest absolute Gasteiger partial charge is 0.223 e. The van der Waals surface area contributed by atoms with E-state index < -0.39 is 0 Å². The Morgan fingerprint density at radius 3 is 2.76 bits per heavy atom. The summed E-state index contributed by atoms with van der Waals surface area (Å²) < 4.78 is 0. The second kappa shape index (κ2) is 7.61. The zero-order chi connectivity index (χ0) is 15.2. The van der Waals surface area contributed by atoms with E-state index in [0.29, 0.717) is 25.1 Å². The summed E-state index contributed by atoms with van der Waals surface area (Å²) >= 11 is 1.28. The molecular formula is C16H21NO3S. The fourth-order valence-electron chi connectivity index (χ4n) is 2.67. The van der Waals surface area contributed by atoms with E-state index >= 15 is 0 Å². The van der Waals surface area contributed by atoms with Crippen LogP contribution in [0.1, 0.15) is 18.9 Å². The largest absolute Gasteiger partial charge is 0.394 e. The third-order valence-corrected chi connectivity index (χ3v) is 4.77. The van der Waals surface area contributed by atoms with E-state index in [1.807, 2.05) is 30.3 Å². The molecule has 1 fully saturated rings. The number of aliphatic hydroxyl groups excluding tert-OH is 1. The molecule has 2 atom stereocenters. The van der Waals surface area contributed by atoms with Crippen molar-refractivity contribution in [1.29, 1.82) is 0 Å². The van der Waals surface area contributed by atoms with Crippen LogP contribution in [0.3, 0.4) is 0 Å². The van der Waals surface area contributed by atoms with Crippen LogP contribution >= 0.6 is 11.8 Å². The molecule has 2 rings (SSSR count). The van der Waals surface area contributed by atoms with E-state index in [1.165, 1.54) is 11.8 Å². The number of amides is 1. The second-order valence-electron chi connectivity index (χ2n) is 5.44. The molecule has 4 nitrogen and oxygen atoms in total. The number of thioether (sulfide) groups is 1. The van der Waals surface area contributed by atoms with Crippen LogP contribution in [-0.4, -0.2) is 46.0 Å². The molecule has 0 aliphatic carbocycles. The van der Waals surface area contributed by atoms with Gasteiger partial charge in [0.2, 0.25) is 5.91 Å². The van der Waals surface area contributed by atoms with Gasteiger partial charge in [0.1, 0.15) is 0 Å². The molecule has 1 aliphatic heterocycles. The van der Waals surface area contributed by atoms with Gasteiger partial charge in [0, 0.05) is 25.6 Å². The molecular weight excluding hydrogens is 286 g/mol. The number of hydrogen-bond acceptors (Lipinski definition) is 4. The average Bonchev–Trinajstić information content (AvgIpc) is 2.85. The fourth-order valence-corrected chi connectivity index (χ4v) is 3.36. The number of likely N-dealkylation sites (tertiary alicyclic amines) is 1. The van der Waals surface area contributed by atoms with Crippen LogP contribution in [-0.2, 0) is 16.0 Å². The van der Waals surface area contributed by atoms with Crippen molar-refractivity contribution in [2.24, 2.45) is 5.92 Å². The molecule has 0 saturated carbocycles. The number of carbonyl (C=O) groups excluding carboxylic acids is 2. The highest BCUT2D eigenvalue weighted by molar-refractivity contribution is 8.13. The highest BCUT2D eigenvalue weighted by atomic mass is 32.2. The number of rotatable bonds is 6. The molecule has 5 heteroatoms. The Morgan fingerprint density at radius 2 is 2.14 bits per heavy atom. The molecule has 1 saturated heterocycles. The first-order chi connectivity index (χ1) is 10.1. The number of carbonyl (C=O) groups is 2. The maximum atomic E-state index is 12.1. The quantitative estimate of drug-likeness (QED) is 0.869. The Labute approximate surface area is 129 Å². The number of hydrogen-bond donors (Lipinski definition) is 1. The Hall–Kier alpha value is -1.33. The fraction of sp³-hybridized carbons (Fsp3) is 0.500. The first-order valence-electron chi connectivity index (χ1n) is 7.17. The Morgan fingerprint density at radius 1 is 1.43 bits per heavy atom. The Bertz CT molecular complexity index is 492. The van der Waals surface area contributed by atoms with E-state index in [4.69, 9.17) is 0 Å². The van der Waals surface area contributed by atoms with Gasteiger partial charge in [-0.25, -0.2) is 0 Å². The second-order valence-corrected chi connectivity index (χ2v) is 6.64. The first kappa shape index (κ1) is 16.0. The van der Waals surface area contributed by atoms with Gasteiger partial charge in [-0.3, -0.25) is 9.59 Å². The van der Waals surface area contributed by atoms with Crippen molar-refractivity contribution >= 4 is 22.8 Å². The summed E-state index contributed by atoms with van der Waals surface area (Å²) in [6.45, 7) is 2.15. The highest BCUT2D eigenvalue weighted by Gasteiger charge is 2.34.